The van der Waals surface area contributed by atoms with E-state index < -0.39 is 5.63 Å². The van der Waals surface area contributed by atoms with Crippen LogP contribution < -0.4 is 5.63 Å². The molecule has 0 amide bonds. The van der Waals surface area contributed by atoms with E-state index in [-0.39, 0.29) is 5.75 Å². The number of rotatable bonds is 4. The van der Waals surface area contributed by atoms with E-state index in [0.717, 1.165) is 39.0 Å². The summed E-state index contributed by atoms with van der Waals surface area (Å²) in [6.45, 7) is 6.10. The molecule has 122 valence electrons. The maximum atomic E-state index is 12.0. The lowest BCUT2D eigenvalue weighted by atomic mass is 10.1. The van der Waals surface area contributed by atoms with Gasteiger partial charge in [0.15, 0.2) is 0 Å². The van der Waals surface area contributed by atoms with Crippen molar-refractivity contribution in [2.45, 2.75) is 32.4 Å². The van der Waals surface area contributed by atoms with Crippen LogP contribution in [0.4, 0.5) is 0 Å². The Labute approximate surface area is 130 Å². The molecule has 0 atom stereocenters. The molecule has 0 bridgehead atoms. The second-order valence-corrected chi connectivity index (χ2v) is 6.10. The molecule has 22 heavy (non-hydrogen) atoms. The fourth-order valence-electron chi connectivity index (χ4n) is 3.13. The van der Waals surface area contributed by atoms with Gasteiger partial charge in [-0.3, -0.25) is 9.80 Å². The van der Waals surface area contributed by atoms with Crippen LogP contribution >= 0.6 is 0 Å². The molecule has 2 saturated heterocycles. The normalized spacial score (nSPS) is 21.1. The highest BCUT2D eigenvalue weighted by Gasteiger charge is 2.20. The summed E-state index contributed by atoms with van der Waals surface area (Å²) in [6, 6.07) is 0. The van der Waals surface area contributed by atoms with Crippen LogP contribution in [0.25, 0.3) is 0 Å². The van der Waals surface area contributed by atoms with E-state index in [2.05, 4.69) is 9.80 Å². The molecule has 2 aliphatic rings. The van der Waals surface area contributed by atoms with Crippen molar-refractivity contribution in [2.24, 2.45) is 0 Å². The maximum absolute atomic E-state index is 12.0. The molecule has 0 radical (unpaired) electrons. The average molecular weight is 308 g/mol. The Hall–Kier alpha value is -1.37. The Bertz CT molecular complexity index is 546. The van der Waals surface area contributed by atoms with Crippen LogP contribution in [0.1, 0.15) is 30.4 Å². The number of piperidine rings is 1. The monoisotopic (exact) mass is 308 g/mol. The molecular weight excluding hydrogens is 284 g/mol. The van der Waals surface area contributed by atoms with E-state index in [1.807, 2.05) is 0 Å². The average Bonchev–Trinajstić information content (AvgIpc) is 2.56. The number of ether oxygens (including phenoxy) is 1. The lowest BCUT2D eigenvalue weighted by molar-refractivity contribution is 0.0335. The first kappa shape index (κ1) is 15.5. The molecule has 2 fully saturated rings. The predicted molar refractivity (Wildman–Crippen MR) is 81.9 cm³/mol. The molecular formula is C16H24N2O4. The lowest BCUT2D eigenvalue weighted by Gasteiger charge is -2.28. The molecule has 0 aromatic carbocycles. The third kappa shape index (κ3) is 3.69. The van der Waals surface area contributed by atoms with Gasteiger partial charge >= 0.3 is 5.63 Å². The van der Waals surface area contributed by atoms with E-state index in [0.29, 0.717) is 37.4 Å². The van der Waals surface area contributed by atoms with E-state index in [9.17, 15) is 9.90 Å². The Balaban J connectivity index is 1.74. The van der Waals surface area contributed by atoms with Crippen LogP contribution in [-0.2, 0) is 17.8 Å². The van der Waals surface area contributed by atoms with Crippen molar-refractivity contribution < 1.29 is 14.3 Å². The molecule has 1 N–H and O–H groups in total. The van der Waals surface area contributed by atoms with E-state index in [1.54, 1.807) is 0 Å². The van der Waals surface area contributed by atoms with Crippen molar-refractivity contribution >= 4 is 0 Å². The number of hydrogen-bond donors (Lipinski definition) is 1. The summed E-state index contributed by atoms with van der Waals surface area (Å²) in [4.78, 5) is 16.4. The maximum Gasteiger partial charge on any atom is 0.343 e. The molecule has 6 heteroatoms. The lowest BCUT2D eigenvalue weighted by Crippen LogP contribution is -2.36. The van der Waals surface area contributed by atoms with Gasteiger partial charge in [0.25, 0.3) is 0 Å². The molecule has 0 spiro atoms. The van der Waals surface area contributed by atoms with Gasteiger partial charge in [0.05, 0.1) is 18.8 Å². The minimum atomic E-state index is -0.422. The van der Waals surface area contributed by atoms with Gasteiger partial charge < -0.3 is 14.3 Å². The van der Waals surface area contributed by atoms with Crippen LogP contribution in [0.5, 0.6) is 5.75 Å². The van der Waals surface area contributed by atoms with Gasteiger partial charge in [-0.15, -0.1) is 0 Å². The highest BCUT2D eigenvalue weighted by Crippen LogP contribution is 2.24. The Kier molecular flexibility index (Phi) is 5.12. The second kappa shape index (κ2) is 7.26. The highest BCUT2D eigenvalue weighted by atomic mass is 16.5. The zero-order valence-electron chi connectivity index (χ0n) is 12.9. The molecule has 1 aromatic heterocycles. The first-order valence-corrected chi connectivity index (χ1v) is 8.09. The summed E-state index contributed by atoms with van der Waals surface area (Å²) in [7, 11) is 0. The second-order valence-electron chi connectivity index (χ2n) is 6.10. The molecule has 1 aromatic rings. The van der Waals surface area contributed by atoms with Crippen LogP contribution in [0.15, 0.2) is 15.5 Å². The minimum Gasteiger partial charge on any atom is -0.507 e. The van der Waals surface area contributed by atoms with Crippen molar-refractivity contribution in [1.29, 1.82) is 0 Å². The van der Waals surface area contributed by atoms with E-state index in [4.69, 9.17) is 9.15 Å². The highest BCUT2D eigenvalue weighted by molar-refractivity contribution is 5.36. The standard InChI is InChI=1S/C16H24N2O4/c19-15-13(10-18-6-8-21-9-7-18)12-22-16(20)14(15)11-17-4-2-1-3-5-17/h12,19H,1-11H2. The molecule has 3 heterocycles. The molecule has 3 rings (SSSR count). The Morgan fingerprint density at radius 1 is 1.00 bits per heavy atom. The molecule has 0 saturated carbocycles. The molecule has 0 unspecified atom stereocenters. The largest absolute Gasteiger partial charge is 0.507 e. The van der Waals surface area contributed by atoms with Gasteiger partial charge in [-0.05, 0) is 25.9 Å². The van der Waals surface area contributed by atoms with Crippen LogP contribution in [0.3, 0.4) is 0 Å². The fourth-order valence-corrected chi connectivity index (χ4v) is 3.13. The van der Waals surface area contributed by atoms with E-state index >= 15 is 0 Å². The quantitative estimate of drug-likeness (QED) is 0.900. The van der Waals surface area contributed by atoms with Crippen molar-refractivity contribution in [3.63, 3.8) is 0 Å². The summed E-state index contributed by atoms with van der Waals surface area (Å²) < 4.78 is 10.5. The summed E-state index contributed by atoms with van der Waals surface area (Å²) in [5.74, 6) is 0.105. The summed E-state index contributed by atoms with van der Waals surface area (Å²) in [5, 5.41) is 10.5. The Morgan fingerprint density at radius 2 is 1.68 bits per heavy atom. The van der Waals surface area contributed by atoms with Gasteiger partial charge in [0.2, 0.25) is 0 Å². The zero-order chi connectivity index (χ0) is 15.4. The number of nitrogens with zero attached hydrogens (tertiary/aromatic N) is 2. The number of likely N-dealkylation sites (tertiary alicyclic amines) is 1. The van der Waals surface area contributed by atoms with Crippen molar-refractivity contribution in [3.8, 4) is 5.75 Å². The molecule has 2 aliphatic heterocycles. The van der Waals surface area contributed by atoms with Crippen molar-refractivity contribution in [1.82, 2.24) is 9.80 Å². The summed E-state index contributed by atoms with van der Waals surface area (Å²) in [6.07, 6.45) is 4.94. The van der Waals surface area contributed by atoms with Gasteiger partial charge in [-0.1, -0.05) is 6.42 Å². The Morgan fingerprint density at radius 3 is 2.41 bits per heavy atom. The van der Waals surface area contributed by atoms with Crippen LogP contribution in [0.2, 0.25) is 0 Å². The molecule has 0 aliphatic carbocycles. The first-order chi connectivity index (χ1) is 10.7. The number of hydrogen-bond acceptors (Lipinski definition) is 6. The number of morpholine rings is 1. The zero-order valence-corrected chi connectivity index (χ0v) is 12.9. The van der Waals surface area contributed by atoms with Gasteiger partial charge in [-0.25, -0.2) is 4.79 Å². The fraction of sp³-hybridized carbons (Fsp3) is 0.688. The van der Waals surface area contributed by atoms with Crippen LogP contribution in [0, 0.1) is 0 Å². The SMILES string of the molecule is O=c1occ(CN2CCOCC2)c(O)c1CN1CCCCC1. The van der Waals surface area contributed by atoms with Gasteiger partial charge in [0.1, 0.15) is 12.0 Å². The van der Waals surface area contributed by atoms with Crippen LogP contribution in [-0.4, -0.2) is 54.3 Å². The number of aromatic hydroxyl groups is 1. The third-order valence-electron chi connectivity index (χ3n) is 4.47. The first-order valence-electron chi connectivity index (χ1n) is 8.09. The summed E-state index contributed by atoms with van der Waals surface area (Å²) >= 11 is 0. The smallest absolute Gasteiger partial charge is 0.343 e. The predicted octanol–water partition coefficient (Wildman–Crippen LogP) is 1.16. The van der Waals surface area contributed by atoms with Gasteiger partial charge in [0, 0.05) is 31.7 Å². The summed E-state index contributed by atoms with van der Waals surface area (Å²) in [5.41, 5.74) is 0.662. The minimum absolute atomic E-state index is 0.105. The van der Waals surface area contributed by atoms with E-state index in [1.165, 1.54) is 12.7 Å². The van der Waals surface area contributed by atoms with Crippen molar-refractivity contribution in [2.75, 3.05) is 39.4 Å². The third-order valence-corrected chi connectivity index (χ3v) is 4.47. The molecule has 6 nitrogen and oxygen atoms in total. The van der Waals surface area contributed by atoms with Crippen molar-refractivity contribution in [3.05, 3.63) is 27.8 Å². The topological polar surface area (TPSA) is 66.2 Å². The van der Waals surface area contributed by atoms with Gasteiger partial charge in [-0.2, -0.15) is 0 Å².